The molecule has 0 unspecified atom stereocenters. The maximum atomic E-state index is 11.2. The molecule has 0 spiro atoms. The van der Waals surface area contributed by atoms with E-state index >= 15 is 0 Å². The second kappa shape index (κ2) is 8.27. The summed E-state index contributed by atoms with van der Waals surface area (Å²) in [7, 11) is 0. The van der Waals surface area contributed by atoms with Gasteiger partial charge < -0.3 is 14.8 Å². The summed E-state index contributed by atoms with van der Waals surface area (Å²) in [6.45, 7) is 3.90. The molecular weight excluding hydrogens is 302 g/mol. The summed E-state index contributed by atoms with van der Waals surface area (Å²) in [4.78, 5) is 11.2. The van der Waals surface area contributed by atoms with Crippen molar-refractivity contribution < 1.29 is 14.3 Å². The fourth-order valence-corrected chi connectivity index (χ4v) is 3.12. The monoisotopic (exact) mass is 327 g/mol. The molecule has 0 bridgehead atoms. The number of fused-ring (bicyclic) bond motifs is 1. The Morgan fingerprint density at radius 3 is 2.67 bits per heavy atom. The largest absolute Gasteiger partial charge is 0.356 e. The van der Waals surface area contributed by atoms with Gasteiger partial charge in [0, 0.05) is 25.3 Å². The molecule has 1 amide bonds. The third kappa shape index (κ3) is 4.13. The van der Waals surface area contributed by atoms with E-state index in [1.807, 2.05) is 6.92 Å². The molecule has 2 aromatic carbocycles. The summed E-state index contributed by atoms with van der Waals surface area (Å²) in [5.74, 6) is 0.364. The van der Waals surface area contributed by atoms with Crippen LogP contribution in [0.4, 0.5) is 0 Å². The number of rotatable bonds is 6. The topological polar surface area (TPSA) is 47.6 Å². The van der Waals surface area contributed by atoms with Crippen molar-refractivity contribution in [1.29, 1.82) is 0 Å². The number of carbonyl (C=O) groups excluding carboxylic acids is 1. The highest BCUT2D eigenvalue weighted by atomic mass is 16.7. The number of nitrogens with one attached hydrogen (secondary N) is 1. The number of ether oxygens (including phenoxy) is 2. The van der Waals surface area contributed by atoms with Crippen molar-refractivity contribution in [2.45, 2.75) is 38.4 Å². The summed E-state index contributed by atoms with van der Waals surface area (Å²) in [5, 5.41) is 5.41. The molecule has 1 heterocycles. The molecule has 3 rings (SSSR count). The maximum Gasteiger partial charge on any atom is 0.219 e. The zero-order chi connectivity index (χ0) is 16.8. The fraction of sp³-hybridized carbons (Fsp3) is 0.450. The average molecular weight is 327 g/mol. The van der Waals surface area contributed by atoms with Gasteiger partial charge in [-0.1, -0.05) is 49.4 Å². The highest BCUT2D eigenvalue weighted by Gasteiger charge is 2.24. The third-order valence-electron chi connectivity index (χ3n) is 4.49. The Bertz CT molecular complexity index is 672. The number of carbonyl (C=O) groups is 1. The van der Waals surface area contributed by atoms with Crippen LogP contribution in [0.3, 0.4) is 0 Å². The van der Waals surface area contributed by atoms with Crippen molar-refractivity contribution in [2.75, 3.05) is 19.8 Å². The van der Waals surface area contributed by atoms with Crippen molar-refractivity contribution in [1.82, 2.24) is 5.32 Å². The van der Waals surface area contributed by atoms with Crippen LogP contribution in [-0.2, 0) is 14.3 Å². The van der Waals surface area contributed by atoms with Crippen molar-refractivity contribution in [2.24, 2.45) is 0 Å². The molecule has 1 N–H and O–H groups in total. The molecule has 0 saturated carbocycles. The van der Waals surface area contributed by atoms with Gasteiger partial charge in [0.15, 0.2) is 6.29 Å². The van der Waals surface area contributed by atoms with Gasteiger partial charge in [-0.2, -0.15) is 0 Å². The molecule has 2 aromatic rings. The first-order valence-corrected chi connectivity index (χ1v) is 8.75. The van der Waals surface area contributed by atoms with Crippen molar-refractivity contribution in [3.05, 3.63) is 48.0 Å². The van der Waals surface area contributed by atoms with E-state index in [0.717, 1.165) is 12.8 Å². The first kappa shape index (κ1) is 16.9. The van der Waals surface area contributed by atoms with Crippen LogP contribution in [0, 0.1) is 0 Å². The van der Waals surface area contributed by atoms with E-state index in [4.69, 9.17) is 9.47 Å². The van der Waals surface area contributed by atoms with E-state index in [1.54, 1.807) is 0 Å². The molecule has 4 nitrogen and oxygen atoms in total. The van der Waals surface area contributed by atoms with E-state index in [9.17, 15) is 4.79 Å². The predicted molar refractivity (Wildman–Crippen MR) is 94.9 cm³/mol. The first-order valence-electron chi connectivity index (χ1n) is 8.75. The van der Waals surface area contributed by atoms with Gasteiger partial charge in [0.2, 0.25) is 5.91 Å². The maximum absolute atomic E-state index is 11.2. The minimum Gasteiger partial charge on any atom is -0.356 e. The molecule has 1 saturated heterocycles. The molecule has 128 valence electrons. The van der Waals surface area contributed by atoms with Crippen LogP contribution in [0.2, 0.25) is 0 Å². The molecule has 0 aromatic heterocycles. The molecule has 0 atom stereocenters. The van der Waals surface area contributed by atoms with Crippen LogP contribution >= 0.6 is 0 Å². The lowest BCUT2D eigenvalue weighted by Gasteiger charge is -2.30. The van der Waals surface area contributed by atoms with Gasteiger partial charge in [0.25, 0.3) is 0 Å². The van der Waals surface area contributed by atoms with Crippen LogP contribution in [0.5, 0.6) is 0 Å². The highest BCUT2D eigenvalue weighted by Crippen LogP contribution is 2.29. The summed E-state index contributed by atoms with van der Waals surface area (Å²) >= 11 is 0. The van der Waals surface area contributed by atoms with Crippen molar-refractivity contribution >= 4 is 16.7 Å². The minimum absolute atomic E-state index is 0.0940. The Balaban J connectivity index is 1.51. The van der Waals surface area contributed by atoms with E-state index in [1.165, 1.54) is 16.3 Å². The Hall–Kier alpha value is -1.91. The van der Waals surface area contributed by atoms with Gasteiger partial charge in [-0.15, -0.1) is 0 Å². The molecule has 1 aliphatic heterocycles. The molecule has 0 aliphatic carbocycles. The lowest BCUT2D eigenvalue weighted by molar-refractivity contribution is -0.189. The predicted octanol–water partition coefficient (Wildman–Crippen LogP) is 3.60. The van der Waals surface area contributed by atoms with Gasteiger partial charge in [-0.25, -0.2) is 0 Å². The number of benzene rings is 2. The molecular formula is C20H25NO3. The van der Waals surface area contributed by atoms with E-state index in [0.29, 0.717) is 26.2 Å². The van der Waals surface area contributed by atoms with Gasteiger partial charge in [-0.05, 0) is 22.8 Å². The van der Waals surface area contributed by atoms with Crippen LogP contribution in [0.1, 0.15) is 37.7 Å². The van der Waals surface area contributed by atoms with Crippen molar-refractivity contribution in [3.8, 4) is 0 Å². The van der Waals surface area contributed by atoms with Crippen LogP contribution < -0.4 is 5.32 Å². The van der Waals surface area contributed by atoms with E-state index < -0.39 is 0 Å². The summed E-state index contributed by atoms with van der Waals surface area (Å²) < 4.78 is 11.8. The van der Waals surface area contributed by atoms with Gasteiger partial charge in [-0.3, -0.25) is 4.79 Å². The van der Waals surface area contributed by atoms with Crippen LogP contribution in [0.15, 0.2) is 42.5 Å². The lowest BCUT2D eigenvalue weighted by Crippen LogP contribution is -2.32. The number of hydrogen-bond acceptors (Lipinski definition) is 3. The summed E-state index contributed by atoms with van der Waals surface area (Å²) in [5.41, 5.74) is 1.29. The second-order valence-corrected chi connectivity index (χ2v) is 6.21. The zero-order valence-corrected chi connectivity index (χ0v) is 14.2. The van der Waals surface area contributed by atoms with Gasteiger partial charge in [0.05, 0.1) is 13.2 Å². The molecule has 1 aliphatic rings. The zero-order valence-electron chi connectivity index (χ0n) is 14.2. The first-order chi connectivity index (χ1) is 11.8. The standard InChI is InChI=1S/C20H25NO3/c1-2-19(22)21-12-6-11-20-23-13-16(14-24-20)18-10-5-8-15-7-3-4-9-17(15)18/h3-5,7-10,16,20H,2,6,11-14H2,1H3,(H,21,22). The van der Waals surface area contributed by atoms with Crippen molar-refractivity contribution in [3.63, 3.8) is 0 Å². The number of hydrogen-bond donors (Lipinski definition) is 1. The minimum atomic E-state index is -0.158. The highest BCUT2D eigenvalue weighted by molar-refractivity contribution is 5.86. The summed E-state index contributed by atoms with van der Waals surface area (Å²) in [6, 6.07) is 14.8. The number of amides is 1. The quantitative estimate of drug-likeness (QED) is 0.825. The Morgan fingerprint density at radius 2 is 1.88 bits per heavy atom. The Morgan fingerprint density at radius 1 is 1.12 bits per heavy atom. The Labute approximate surface area is 143 Å². The third-order valence-corrected chi connectivity index (χ3v) is 4.49. The van der Waals surface area contributed by atoms with E-state index in [2.05, 4.69) is 47.8 Å². The van der Waals surface area contributed by atoms with Crippen LogP contribution in [-0.4, -0.2) is 32.0 Å². The Kier molecular flexibility index (Phi) is 5.83. The molecule has 0 radical (unpaired) electrons. The van der Waals surface area contributed by atoms with Crippen LogP contribution in [0.25, 0.3) is 10.8 Å². The SMILES string of the molecule is CCC(=O)NCCCC1OCC(c2cccc3ccccc23)CO1. The normalized spacial score (nSPS) is 20.9. The van der Waals surface area contributed by atoms with Gasteiger partial charge >= 0.3 is 0 Å². The van der Waals surface area contributed by atoms with Gasteiger partial charge in [0.1, 0.15) is 0 Å². The second-order valence-electron chi connectivity index (χ2n) is 6.21. The lowest BCUT2D eigenvalue weighted by atomic mass is 9.94. The smallest absolute Gasteiger partial charge is 0.219 e. The molecule has 24 heavy (non-hydrogen) atoms. The average Bonchev–Trinajstić information content (AvgIpc) is 2.65. The van der Waals surface area contributed by atoms with E-state index in [-0.39, 0.29) is 18.1 Å². The fourth-order valence-electron chi connectivity index (χ4n) is 3.12. The molecule has 1 fully saturated rings. The summed E-state index contributed by atoms with van der Waals surface area (Å²) in [6.07, 6.45) is 2.06. The molecule has 4 heteroatoms.